The van der Waals surface area contributed by atoms with Crippen molar-refractivity contribution in [3.05, 3.63) is 88.4 Å². The molecular formula is C31H36N6O2. The Morgan fingerprint density at radius 2 is 1.72 bits per heavy atom. The molecule has 2 amide bonds. The molecule has 1 saturated heterocycles. The molecule has 0 aliphatic carbocycles. The highest BCUT2D eigenvalue weighted by Crippen LogP contribution is 2.28. The van der Waals surface area contributed by atoms with Crippen molar-refractivity contribution in [2.24, 2.45) is 0 Å². The Kier molecular flexibility index (Phi) is 7.37. The van der Waals surface area contributed by atoms with Crippen LogP contribution in [-0.4, -0.2) is 43.6 Å². The molecule has 8 nitrogen and oxygen atoms in total. The number of nitrogens with zero attached hydrogens (tertiary/aromatic N) is 4. The van der Waals surface area contributed by atoms with Gasteiger partial charge >= 0.3 is 0 Å². The average Bonchev–Trinajstić information content (AvgIpc) is 3.51. The Labute approximate surface area is 229 Å². The van der Waals surface area contributed by atoms with E-state index in [1.165, 1.54) is 0 Å². The minimum Gasteiger partial charge on any atom is -0.383 e. The highest BCUT2D eigenvalue weighted by molar-refractivity contribution is 5.95. The number of nitrogens with two attached hydrogens (primary N) is 1. The highest BCUT2D eigenvalue weighted by Gasteiger charge is 2.30. The van der Waals surface area contributed by atoms with E-state index in [4.69, 9.17) is 5.73 Å². The molecule has 0 bridgehead atoms. The van der Waals surface area contributed by atoms with Crippen molar-refractivity contribution < 1.29 is 9.59 Å². The summed E-state index contributed by atoms with van der Waals surface area (Å²) < 4.78 is 1.75. The van der Waals surface area contributed by atoms with Crippen molar-refractivity contribution in [3.8, 4) is 0 Å². The number of amides is 2. The van der Waals surface area contributed by atoms with Crippen LogP contribution >= 0.6 is 0 Å². The normalized spacial score (nSPS) is 17.1. The maximum atomic E-state index is 12.9. The number of aryl methyl sites for hydroxylation is 2. The zero-order valence-electron chi connectivity index (χ0n) is 23.1. The van der Waals surface area contributed by atoms with Crippen LogP contribution in [0.25, 0.3) is 10.8 Å². The summed E-state index contributed by atoms with van der Waals surface area (Å²) in [7, 11) is 0. The van der Waals surface area contributed by atoms with Crippen LogP contribution in [0.3, 0.4) is 0 Å². The third-order valence-corrected chi connectivity index (χ3v) is 8.00. The van der Waals surface area contributed by atoms with Gasteiger partial charge in [-0.1, -0.05) is 24.3 Å². The summed E-state index contributed by atoms with van der Waals surface area (Å²) in [6, 6.07) is 12.7. The number of likely N-dealkylation sites (tertiary alicyclic amines) is 1. The molecule has 2 aromatic heterocycles. The molecule has 5 rings (SSSR count). The minimum absolute atomic E-state index is 0.173. The Hall–Kier alpha value is -4.20. The summed E-state index contributed by atoms with van der Waals surface area (Å²) in [6.45, 7) is 9.28. The number of hydrogen-bond donors (Lipinski definition) is 2. The van der Waals surface area contributed by atoms with Crippen LogP contribution in [0.2, 0.25) is 0 Å². The smallest absolute Gasteiger partial charge is 0.254 e. The fourth-order valence-electron chi connectivity index (χ4n) is 5.74. The molecule has 202 valence electrons. The zero-order chi connectivity index (χ0) is 27.7. The van der Waals surface area contributed by atoms with Crippen molar-refractivity contribution >= 4 is 28.4 Å². The van der Waals surface area contributed by atoms with E-state index >= 15 is 0 Å². The lowest BCUT2D eigenvalue weighted by Gasteiger charge is -2.26. The molecule has 2 aromatic carbocycles. The van der Waals surface area contributed by atoms with E-state index < -0.39 is 0 Å². The van der Waals surface area contributed by atoms with Crippen molar-refractivity contribution in [1.29, 1.82) is 0 Å². The van der Waals surface area contributed by atoms with Gasteiger partial charge in [0.2, 0.25) is 5.91 Å². The highest BCUT2D eigenvalue weighted by atomic mass is 16.2. The van der Waals surface area contributed by atoms with Crippen LogP contribution < -0.4 is 11.1 Å². The summed E-state index contributed by atoms with van der Waals surface area (Å²) in [5.74, 6) is 0.531. The number of nitrogens with one attached hydrogen (secondary N) is 1. The Morgan fingerprint density at radius 1 is 1.03 bits per heavy atom. The quantitative estimate of drug-likeness (QED) is 0.369. The van der Waals surface area contributed by atoms with Crippen LogP contribution in [0.4, 0.5) is 5.82 Å². The lowest BCUT2D eigenvalue weighted by atomic mass is 9.96. The second-order valence-electron chi connectivity index (χ2n) is 10.8. The number of aromatic nitrogens is 3. The molecule has 0 saturated carbocycles. The van der Waals surface area contributed by atoms with Gasteiger partial charge in [-0.3, -0.25) is 14.3 Å². The van der Waals surface area contributed by atoms with Gasteiger partial charge in [-0.05, 0) is 85.9 Å². The number of pyridine rings is 1. The molecule has 39 heavy (non-hydrogen) atoms. The SMILES string of the molecule is Cc1cc2c(N)nccc2c(C)c1CNC(=O)c1cnn(Cc2ccc(CC(=O)N3C(C)CCC3C)cc2)c1. The van der Waals surface area contributed by atoms with Crippen molar-refractivity contribution in [2.75, 3.05) is 5.73 Å². The summed E-state index contributed by atoms with van der Waals surface area (Å²) in [6.07, 6.45) is 7.63. The topological polar surface area (TPSA) is 106 Å². The van der Waals surface area contributed by atoms with Gasteiger partial charge in [-0.25, -0.2) is 4.98 Å². The maximum absolute atomic E-state index is 12.9. The van der Waals surface area contributed by atoms with E-state index in [0.717, 1.165) is 51.4 Å². The van der Waals surface area contributed by atoms with E-state index in [0.29, 0.717) is 43.0 Å². The number of anilines is 1. The number of carbonyl (C=O) groups excluding carboxylic acids is 2. The molecule has 0 spiro atoms. The fourth-order valence-corrected chi connectivity index (χ4v) is 5.74. The molecule has 1 fully saturated rings. The van der Waals surface area contributed by atoms with Crippen LogP contribution in [0, 0.1) is 13.8 Å². The molecule has 2 atom stereocenters. The number of fused-ring (bicyclic) bond motifs is 1. The lowest BCUT2D eigenvalue weighted by Crippen LogP contribution is -2.39. The van der Waals surface area contributed by atoms with Gasteiger partial charge in [0, 0.05) is 36.4 Å². The summed E-state index contributed by atoms with van der Waals surface area (Å²) >= 11 is 0. The van der Waals surface area contributed by atoms with Gasteiger partial charge in [0.1, 0.15) is 5.82 Å². The van der Waals surface area contributed by atoms with E-state index in [9.17, 15) is 9.59 Å². The standard InChI is InChI=1S/C31H36N6O2/c1-19-13-27-26(11-12-33-30(27)32)22(4)28(19)16-34-31(39)25-15-35-36(18-25)17-24-9-7-23(8-10-24)14-29(38)37-20(2)5-6-21(37)3/h7-13,15,18,20-21H,5-6,14,16-17H2,1-4H3,(H2,32,33)(H,34,39). The number of benzene rings is 2. The van der Waals surface area contributed by atoms with E-state index in [1.807, 2.05) is 55.1 Å². The monoisotopic (exact) mass is 524 g/mol. The first-order chi connectivity index (χ1) is 18.7. The number of carbonyl (C=O) groups is 2. The molecular weight excluding hydrogens is 488 g/mol. The second-order valence-corrected chi connectivity index (χ2v) is 10.8. The number of rotatable bonds is 7. The second kappa shape index (κ2) is 10.9. The van der Waals surface area contributed by atoms with E-state index in [1.54, 1.807) is 23.3 Å². The molecule has 4 aromatic rings. The van der Waals surface area contributed by atoms with Crippen LogP contribution in [-0.2, 0) is 24.3 Å². The third kappa shape index (κ3) is 5.50. The number of hydrogen-bond acceptors (Lipinski definition) is 5. The number of nitrogen functional groups attached to an aromatic ring is 1. The Balaban J connectivity index is 1.19. The minimum atomic E-state index is -0.173. The first-order valence-electron chi connectivity index (χ1n) is 13.5. The zero-order valence-corrected chi connectivity index (χ0v) is 23.1. The van der Waals surface area contributed by atoms with Gasteiger partial charge in [-0.2, -0.15) is 5.10 Å². The van der Waals surface area contributed by atoms with Crippen molar-refractivity contribution in [3.63, 3.8) is 0 Å². The first kappa shape index (κ1) is 26.4. The first-order valence-corrected chi connectivity index (χ1v) is 13.5. The van der Waals surface area contributed by atoms with Gasteiger partial charge in [-0.15, -0.1) is 0 Å². The molecule has 8 heteroatoms. The van der Waals surface area contributed by atoms with Gasteiger partial charge in [0.25, 0.3) is 5.91 Å². The van der Waals surface area contributed by atoms with E-state index in [2.05, 4.69) is 29.2 Å². The Morgan fingerprint density at radius 3 is 2.44 bits per heavy atom. The Bertz CT molecular complexity index is 1510. The largest absolute Gasteiger partial charge is 0.383 e. The van der Waals surface area contributed by atoms with Gasteiger partial charge < -0.3 is 16.0 Å². The lowest BCUT2D eigenvalue weighted by molar-refractivity contribution is -0.132. The van der Waals surface area contributed by atoms with E-state index in [-0.39, 0.29) is 11.8 Å². The molecule has 3 N–H and O–H groups in total. The molecule has 3 heterocycles. The van der Waals surface area contributed by atoms with Gasteiger partial charge in [0.15, 0.2) is 0 Å². The van der Waals surface area contributed by atoms with Crippen LogP contribution in [0.15, 0.2) is 55.0 Å². The molecule has 2 unspecified atom stereocenters. The maximum Gasteiger partial charge on any atom is 0.254 e. The fraction of sp³-hybridized carbons (Fsp3) is 0.355. The average molecular weight is 525 g/mol. The molecule has 1 aliphatic heterocycles. The summed E-state index contributed by atoms with van der Waals surface area (Å²) in [4.78, 5) is 31.9. The van der Waals surface area contributed by atoms with Crippen LogP contribution in [0.1, 0.15) is 64.9 Å². The molecule has 0 radical (unpaired) electrons. The van der Waals surface area contributed by atoms with Gasteiger partial charge in [0.05, 0.1) is 24.7 Å². The predicted molar refractivity (Wildman–Crippen MR) is 153 cm³/mol. The third-order valence-electron chi connectivity index (χ3n) is 8.00. The van der Waals surface area contributed by atoms with Crippen molar-refractivity contribution in [2.45, 2.75) is 72.1 Å². The molecule has 1 aliphatic rings. The predicted octanol–water partition coefficient (Wildman–Crippen LogP) is 4.55. The van der Waals surface area contributed by atoms with Crippen molar-refractivity contribution in [1.82, 2.24) is 25.0 Å². The summed E-state index contributed by atoms with van der Waals surface area (Å²) in [5.41, 5.74) is 11.8. The summed E-state index contributed by atoms with van der Waals surface area (Å²) in [5, 5.41) is 9.39. The van der Waals surface area contributed by atoms with Crippen LogP contribution in [0.5, 0.6) is 0 Å².